The van der Waals surface area contributed by atoms with Crippen LogP contribution in [0.25, 0.3) is 54.9 Å². The molecular formula is C28H22N2O. The van der Waals surface area contributed by atoms with Crippen molar-refractivity contribution in [1.82, 2.24) is 9.97 Å². The van der Waals surface area contributed by atoms with Crippen LogP contribution < -0.4 is 0 Å². The van der Waals surface area contributed by atoms with Gasteiger partial charge in [-0.05, 0) is 56.8 Å². The second-order valence-electron chi connectivity index (χ2n) is 9.19. The predicted molar refractivity (Wildman–Crippen MR) is 128 cm³/mol. The number of rotatable bonds is 1. The van der Waals surface area contributed by atoms with Gasteiger partial charge in [0.15, 0.2) is 0 Å². The van der Waals surface area contributed by atoms with Crippen molar-refractivity contribution >= 4 is 43.6 Å². The summed E-state index contributed by atoms with van der Waals surface area (Å²) in [5.74, 6) is 0. The van der Waals surface area contributed by atoms with Crippen LogP contribution in [0.1, 0.15) is 26.3 Å². The van der Waals surface area contributed by atoms with Gasteiger partial charge in [0.2, 0.25) is 5.71 Å². The minimum Gasteiger partial charge on any atom is -0.438 e. The summed E-state index contributed by atoms with van der Waals surface area (Å²) in [4.78, 5) is 9.19. The minimum atomic E-state index is 0.0103. The molecule has 0 aliphatic carbocycles. The van der Waals surface area contributed by atoms with Gasteiger partial charge < -0.3 is 4.42 Å². The Morgan fingerprint density at radius 1 is 0.710 bits per heavy atom. The van der Waals surface area contributed by atoms with E-state index in [0.29, 0.717) is 5.71 Å². The van der Waals surface area contributed by atoms with Gasteiger partial charge >= 0.3 is 0 Å². The monoisotopic (exact) mass is 402 g/mol. The molecule has 6 aromatic rings. The third-order valence-corrected chi connectivity index (χ3v) is 6.08. The fourth-order valence-electron chi connectivity index (χ4n) is 4.58. The molecule has 31 heavy (non-hydrogen) atoms. The maximum atomic E-state index is 6.16. The first-order chi connectivity index (χ1) is 15.0. The van der Waals surface area contributed by atoms with Gasteiger partial charge in [0, 0.05) is 10.9 Å². The molecule has 6 rings (SSSR count). The lowest BCUT2D eigenvalue weighted by Crippen LogP contribution is -2.12. The molecule has 3 nitrogen and oxygen atoms in total. The normalized spacial score (nSPS) is 12.4. The van der Waals surface area contributed by atoms with Crippen LogP contribution >= 0.6 is 0 Å². The maximum absolute atomic E-state index is 6.16. The number of furan rings is 1. The quantitative estimate of drug-likeness (QED) is 0.283. The zero-order valence-corrected chi connectivity index (χ0v) is 17.8. The fraction of sp³-hybridized carbons (Fsp3) is 0.143. The summed E-state index contributed by atoms with van der Waals surface area (Å²) < 4.78 is 6.16. The lowest BCUT2D eigenvalue weighted by molar-refractivity contribution is 0.596. The molecule has 3 heteroatoms. The molecule has 0 bridgehead atoms. The second-order valence-corrected chi connectivity index (χ2v) is 9.19. The summed E-state index contributed by atoms with van der Waals surface area (Å²) in [6.45, 7) is 6.77. The summed E-state index contributed by atoms with van der Waals surface area (Å²) in [6.07, 6.45) is 1.60. The van der Waals surface area contributed by atoms with E-state index in [1.54, 1.807) is 6.33 Å². The number of nitrogens with zero attached hydrogens (tertiary/aromatic N) is 2. The number of hydrogen-bond acceptors (Lipinski definition) is 3. The highest BCUT2D eigenvalue weighted by Gasteiger charge is 2.21. The average Bonchev–Trinajstić information content (AvgIpc) is 3.13. The summed E-state index contributed by atoms with van der Waals surface area (Å²) in [7, 11) is 0. The first kappa shape index (κ1) is 18.1. The van der Waals surface area contributed by atoms with Crippen molar-refractivity contribution in [3.63, 3.8) is 0 Å². The number of fused-ring (bicyclic) bond motifs is 5. The van der Waals surface area contributed by atoms with Crippen molar-refractivity contribution in [1.29, 1.82) is 0 Å². The first-order valence-corrected chi connectivity index (χ1v) is 10.6. The van der Waals surface area contributed by atoms with E-state index in [0.717, 1.165) is 33.0 Å². The van der Waals surface area contributed by atoms with E-state index < -0.39 is 0 Å². The van der Waals surface area contributed by atoms with Crippen molar-refractivity contribution in [2.45, 2.75) is 26.2 Å². The van der Waals surface area contributed by atoms with Crippen LogP contribution in [0.2, 0.25) is 0 Å². The number of benzene rings is 4. The van der Waals surface area contributed by atoms with Crippen molar-refractivity contribution < 1.29 is 4.42 Å². The Balaban J connectivity index is 1.72. The summed E-state index contributed by atoms with van der Waals surface area (Å²) in [5.41, 5.74) is 4.79. The van der Waals surface area contributed by atoms with Gasteiger partial charge in [-0.15, -0.1) is 0 Å². The molecule has 0 amide bonds. The van der Waals surface area contributed by atoms with Gasteiger partial charge in [0.05, 0.1) is 11.1 Å². The third kappa shape index (κ3) is 2.81. The molecular weight excluding hydrogens is 380 g/mol. The highest BCUT2D eigenvalue weighted by molar-refractivity contribution is 6.14. The largest absolute Gasteiger partial charge is 0.438 e. The fourth-order valence-corrected chi connectivity index (χ4v) is 4.58. The Morgan fingerprint density at radius 2 is 1.42 bits per heavy atom. The van der Waals surface area contributed by atoms with Gasteiger partial charge in [-0.25, -0.2) is 9.97 Å². The van der Waals surface area contributed by atoms with E-state index in [9.17, 15) is 0 Å². The lowest BCUT2D eigenvalue weighted by atomic mass is 9.82. The molecule has 0 N–H and O–H groups in total. The summed E-state index contributed by atoms with van der Waals surface area (Å²) >= 11 is 0. The van der Waals surface area contributed by atoms with E-state index in [1.807, 2.05) is 6.07 Å². The van der Waals surface area contributed by atoms with Crippen LogP contribution in [0, 0.1) is 0 Å². The smallest absolute Gasteiger partial charge is 0.230 e. The Labute approximate surface area is 180 Å². The van der Waals surface area contributed by atoms with Gasteiger partial charge in [-0.1, -0.05) is 69.3 Å². The maximum Gasteiger partial charge on any atom is 0.230 e. The Kier molecular flexibility index (Phi) is 3.73. The van der Waals surface area contributed by atoms with E-state index >= 15 is 0 Å². The number of aromatic nitrogens is 2. The van der Waals surface area contributed by atoms with Crippen LogP contribution in [0.15, 0.2) is 83.5 Å². The molecule has 150 valence electrons. The SMILES string of the molecule is CC(C)(C)c1cc(-c2ncnc3oc4cc5ccccc5cc4c23)cc2ccccc12. The van der Waals surface area contributed by atoms with Gasteiger partial charge in [0.1, 0.15) is 11.9 Å². The molecule has 0 spiro atoms. The van der Waals surface area contributed by atoms with E-state index in [1.165, 1.54) is 21.7 Å². The van der Waals surface area contributed by atoms with E-state index in [4.69, 9.17) is 9.40 Å². The minimum absolute atomic E-state index is 0.0103. The topological polar surface area (TPSA) is 38.9 Å². The average molecular weight is 402 g/mol. The van der Waals surface area contributed by atoms with Crippen molar-refractivity contribution in [3.05, 3.63) is 84.7 Å². The van der Waals surface area contributed by atoms with Crippen molar-refractivity contribution in [2.24, 2.45) is 0 Å². The molecule has 2 aromatic heterocycles. The van der Waals surface area contributed by atoms with Gasteiger partial charge in [0.25, 0.3) is 0 Å². The molecule has 0 radical (unpaired) electrons. The predicted octanol–water partition coefficient (Wildman–Crippen LogP) is 7.65. The van der Waals surface area contributed by atoms with Crippen LogP contribution in [0.4, 0.5) is 0 Å². The zero-order chi connectivity index (χ0) is 21.2. The number of hydrogen-bond donors (Lipinski definition) is 0. The second kappa shape index (κ2) is 6.39. The molecule has 0 fully saturated rings. The lowest BCUT2D eigenvalue weighted by Gasteiger charge is -2.22. The van der Waals surface area contributed by atoms with Crippen LogP contribution in [-0.2, 0) is 5.41 Å². The van der Waals surface area contributed by atoms with E-state index in [-0.39, 0.29) is 5.41 Å². The van der Waals surface area contributed by atoms with Crippen LogP contribution in [-0.4, -0.2) is 9.97 Å². The molecule has 0 aliphatic heterocycles. The molecule has 2 heterocycles. The standard InChI is InChI=1S/C28H22N2O/c1-28(2,3)23-14-20(12-19-10-6-7-11-21(19)23)26-25-22-13-17-8-4-5-9-18(17)15-24(22)31-27(25)30-16-29-26/h4-16H,1-3H3. The molecule has 0 atom stereocenters. The van der Waals surface area contributed by atoms with E-state index in [2.05, 4.69) is 92.5 Å². The first-order valence-electron chi connectivity index (χ1n) is 10.6. The molecule has 0 aliphatic rings. The highest BCUT2D eigenvalue weighted by Crippen LogP contribution is 2.39. The van der Waals surface area contributed by atoms with Gasteiger partial charge in [-0.3, -0.25) is 0 Å². The molecule has 0 unspecified atom stereocenters. The Bertz CT molecular complexity index is 1620. The summed E-state index contributed by atoms with van der Waals surface area (Å²) in [5, 5.41) is 6.86. The zero-order valence-electron chi connectivity index (χ0n) is 17.8. The van der Waals surface area contributed by atoms with Crippen LogP contribution in [0.3, 0.4) is 0 Å². The van der Waals surface area contributed by atoms with Crippen molar-refractivity contribution in [3.8, 4) is 11.3 Å². The summed E-state index contributed by atoms with van der Waals surface area (Å²) in [6, 6.07) is 25.7. The van der Waals surface area contributed by atoms with Crippen molar-refractivity contribution in [2.75, 3.05) is 0 Å². The Morgan fingerprint density at radius 3 is 2.19 bits per heavy atom. The third-order valence-electron chi connectivity index (χ3n) is 6.08. The Hall–Kier alpha value is -3.72. The highest BCUT2D eigenvalue weighted by atomic mass is 16.3. The molecule has 0 saturated carbocycles. The molecule has 4 aromatic carbocycles. The van der Waals surface area contributed by atoms with Gasteiger partial charge in [-0.2, -0.15) is 0 Å². The van der Waals surface area contributed by atoms with Crippen LogP contribution in [0.5, 0.6) is 0 Å². The molecule has 0 saturated heterocycles.